The van der Waals surface area contributed by atoms with Crippen LogP contribution in [0.2, 0.25) is 0 Å². The quantitative estimate of drug-likeness (QED) is 0.187. The monoisotopic (exact) mass is 523 g/mol. The number of pyridine rings is 2. The Morgan fingerprint density at radius 3 is 2.00 bits per heavy atom. The molecular weight excluding hydrogens is 500 g/mol. The van der Waals surface area contributed by atoms with Crippen LogP contribution in [0, 0.1) is 6.92 Å². The lowest BCUT2D eigenvalue weighted by molar-refractivity contribution is -0.138. The standard InChI is InChI=1S/C17H23N3O12P2/c1-10-17(24)14(12(3-19-10)9-32-34(28,29)30)6-20(7-16(22)23)5-13-11(2-18-4-15(13)21)8-31-33(25,26)27/h2-4,21,24H,5-9H2,1H3,(H,22,23)(H2,25,26,27)(H2,28,29,30). The maximum atomic E-state index is 11.5. The fourth-order valence-electron chi connectivity index (χ4n) is 2.92. The number of phosphoric acid groups is 2. The molecule has 17 heteroatoms. The summed E-state index contributed by atoms with van der Waals surface area (Å²) in [7, 11) is -9.71. The van der Waals surface area contributed by atoms with E-state index in [-0.39, 0.29) is 46.8 Å². The molecule has 0 aliphatic rings. The molecule has 0 amide bonds. The Morgan fingerprint density at radius 1 is 0.941 bits per heavy atom. The summed E-state index contributed by atoms with van der Waals surface area (Å²) in [4.78, 5) is 56.2. The number of aromatic hydroxyl groups is 2. The van der Waals surface area contributed by atoms with Crippen LogP contribution < -0.4 is 0 Å². The Labute approximate surface area is 192 Å². The van der Waals surface area contributed by atoms with Crippen LogP contribution in [-0.2, 0) is 49.3 Å². The first-order valence-electron chi connectivity index (χ1n) is 9.31. The van der Waals surface area contributed by atoms with Gasteiger partial charge in [-0.1, -0.05) is 0 Å². The molecule has 15 nitrogen and oxygen atoms in total. The van der Waals surface area contributed by atoms with E-state index in [0.29, 0.717) is 0 Å². The molecule has 7 N–H and O–H groups in total. The molecule has 188 valence electrons. The highest BCUT2D eigenvalue weighted by Gasteiger charge is 2.23. The van der Waals surface area contributed by atoms with Crippen molar-refractivity contribution in [3.05, 3.63) is 46.5 Å². The van der Waals surface area contributed by atoms with E-state index in [4.69, 9.17) is 19.6 Å². The van der Waals surface area contributed by atoms with Gasteiger partial charge in [-0.25, -0.2) is 9.13 Å². The summed E-state index contributed by atoms with van der Waals surface area (Å²) in [6.45, 7) is -1.01. The summed E-state index contributed by atoms with van der Waals surface area (Å²) in [5.41, 5.74) is 0.434. The molecular formula is C17H23N3O12P2. The zero-order valence-corrected chi connectivity index (χ0v) is 19.5. The Bertz CT molecular complexity index is 1130. The molecule has 0 saturated carbocycles. The number of phosphoric ester groups is 2. The fraction of sp³-hybridized carbons (Fsp3) is 0.353. The normalized spacial score (nSPS) is 12.3. The van der Waals surface area contributed by atoms with Gasteiger partial charge in [0.15, 0.2) is 0 Å². The summed E-state index contributed by atoms with van der Waals surface area (Å²) in [6, 6.07) is 0. The highest BCUT2D eigenvalue weighted by Crippen LogP contribution is 2.39. The van der Waals surface area contributed by atoms with Crippen molar-refractivity contribution in [1.82, 2.24) is 14.9 Å². The molecule has 0 aliphatic carbocycles. The highest BCUT2D eigenvalue weighted by atomic mass is 31.2. The van der Waals surface area contributed by atoms with Crippen molar-refractivity contribution in [1.29, 1.82) is 0 Å². The van der Waals surface area contributed by atoms with Crippen molar-refractivity contribution in [3.63, 3.8) is 0 Å². The largest absolute Gasteiger partial charge is 0.506 e. The number of nitrogens with zero attached hydrogens (tertiary/aromatic N) is 3. The van der Waals surface area contributed by atoms with E-state index in [2.05, 4.69) is 19.0 Å². The van der Waals surface area contributed by atoms with E-state index >= 15 is 0 Å². The molecule has 2 aromatic heterocycles. The van der Waals surface area contributed by atoms with Crippen molar-refractivity contribution >= 4 is 21.6 Å². The lowest BCUT2D eigenvalue weighted by Crippen LogP contribution is -2.30. The fourth-order valence-corrected chi connectivity index (χ4v) is 3.54. The van der Waals surface area contributed by atoms with E-state index in [0.717, 1.165) is 6.20 Å². The molecule has 34 heavy (non-hydrogen) atoms. The number of aliphatic carboxylic acids is 1. The second kappa shape index (κ2) is 11.3. The summed E-state index contributed by atoms with van der Waals surface area (Å²) < 4.78 is 31.1. The summed E-state index contributed by atoms with van der Waals surface area (Å²) >= 11 is 0. The van der Waals surface area contributed by atoms with Gasteiger partial charge in [0, 0.05) is 47.7 Å². The van der Waals surface area contributed by atoms with Gasteiger partial charge in [0.1, 0.15) is 11.5 Å². The molecule has 0 saturated heterocycles. The minimum Gasteiger partial charge on any atom is -0.506 e. The predicted octanol–water partition coefficient (Wildman–Crippen LogP) is 0.502. The number of aromatic nitrogens is 2. The Hall–Kier alpha value is -2.45. The molecule has 0 radical (unpaired) electrons. The van der Waals surface area contributed by atoms with Gasteiger partial charge in [-0.2, -0.15) is 0 Å². The van der Waals surface area contributed by atoms with Gasteiger partial charge in [0.05, 0.1) is 31.6 Å². The first-order chi connectivity index (χ1) is 15.7. The van der Waals surface area contributed by atoms with Crippen molar-refractivity contribution in [3.8, 4) is 11.5 Å². The Kier molecular flexibility index (Phi) is 9.25. The third-order valence-corrected chi connectivity index (χ3v) is 5.38. The predicted molar refractivity (Wildman–Crippen MR) is 112 cm³/mol. The molecule has 2 aromatic rings. The van der Waals surface area contributed by atoms with Crippen molar-refractivity contribution < 1.29 is 57.9 Å². The minimum absolute atomic E-state index is 0.0583. The van der Waals surface area contributed by atoms with Crippen LogP contribution in [0.15, 0.2) is 18.6 Å². The summed E-state index contributed by atoms with van der Waals surface area (Å²) in [5, 5.41) is 30.1. The molecule has 0 spiro atoms. The molecule has 0 atom stereocenters. The lowest BCUT2D eigenvalue weighted by Gasteiger charge is -2.24. The Balaban J connectivity index is 2.41. The molecule has 2 rings (SSSR count). The molecule has 0 aliphatic heterocycles. The first-order valence-corrected chi connectivity index (χ1v) is 12.4. The van der Waals surface area contributed by atoms with Crippen molar-refractivity contribution in [2.24, 2.45) is 0 Å². The van der Waals surface area contributed by atoms with Crippen LogP contribution >= 0.6 is 15.6 Å². The topological polar surface area (TPSA) is 240 Å². The maximum absolute atomic E-state index is 11.5. The molecule has 0 aromatic carbocycles. The second-order valence-electron chi connectivity index (χ2n) is 7.06. The van der Waals surface area contributed by atoms with Gasteiger partial charge in [-0.05, 0) is 6.92 Å². The minimum atomic E-state index is -4.86. The first kappa shape index (κ1) is 27.8. The van der Waals surface area contributed by atoms with E-state index < -0.39 is 47.1 Å². The molecule has 0 fully saturated rings. The van der Waals surface area contributed by atoms with Crippen LogP contribution in [0.4, 0.5) is 0 Å². The van der Waals surface area contributed by atoms with Gasteiger partial charge >= 0.3 is 21.6 Å². The van der Waals surface area contributed by atoms with E-state index in [9.17, 15) is 29.2 Å². The van der Waals surface area contributed by atoms with Gasteiger partial charge in [0.25, 0.3) is 0 Å². The molecule has 0 bridgehead atoms. The van der Waals surface area contributed by atoms with Gasteiger partial charge in [0.2, 0.25) is 0 Å². The SMILES string of the molecule is Cc1ncc(COP(=O)(O)O)c(CN(CC(=O)O)Cc2c(O)cncc2COP(=O)(O)O)c1O. The average Bonchev–Trinajstić information content (AvgIpc) is 2.69. The Morgan fingerprint density at radius 2 is 1.47 bits per heavy atom. The summed E-state index contributed by atoms with van der Waals surface area (Å²) in [5.74, 6) is -2.03. The van der Waals surface area contributed by atoms with Crippen LogP contribution in [0.3, 0.4) is 0 Å². The molecule has 0 unspecified atom stereocenters. The third-order valence-electron chi connectivity index (χ3n) is 4.45. The smallest absolute Gasteiger partial charge is 0.469 e. The van der Waals surface area contributed by atoms with Crippen LogP contribution in [0.5, 0.6) is 11.5 Å². The average molecular weight is 523 g/mol. The number of rotatable bonds is 12. The number of carboxylic acid groups (broad SMARTS) is 1. The highest BCUT2D eigenvalue weighted by molar-refractivity contribution is 7.46. The molecule has 2 heterocycles. The number of carboxylic acids is 1. The second-order valence-corrected chi connectivity index (χ2v) is 9.54. The van der Waals surface area contributed by atoms with Gasteiger partial charge < -0.3 is 34.9 Å². The van der Waals surface area contributed by atoms with Crippen molar-refractivity contribution in [2.75, 3.05) is 6.54 Å². The number of carbonyl (C=O) groups is 1. The lowest BCUT2D eigenvalue weighted by atomic mass is 10.1. The zero-order valence-electron chi connectivity index (χ0n) is 17.7. The summed E-state index contributed by atoms with van der Waals surface area (Å²) in [6.07, 6.45) is 3.43. The number of aryl methyl sites for hydroxylation is 1. The third kappa shape index (κ3) is 8.72. The van der Waals surface area contributed by atoms with E-state index in [1.165, 1.54) is 24.2 Å². The van der Waals surface area contributed by atoms with Crippen molar-refractivity contribution in [2.45, 2.75) is 33.2 Å². The van der Waals surface area contributed by atoms with Crippen LogP contribution in [0.25, 0.3) is 0 Å². The number of hydrogen-bond acceptors (Lipinski definition) is 10. The van der Waals surface area contributed by atoms with Crippen LogP contribution in [0.1, 0.15) is 27.9 Å². The number of hydrogen-bond donors (Lipinski definition) is 7. The van der Waals surface area contributed by atoms with Gasteiger partial charge in [-0.3, -0.25) is 28.7 Å². The maximum Gasteiger partial charge on any atom is 0.469 e. The van der Waals surface area contributed by atoms with E-state index in [1.807, 2.05) is 0 Å². The van der Waals surface area contributed by atoms with Crippen LogP contribution in [-0.4, -0.2) is 62.3 Å². The van der Waals surface area contributed by atoms with Gasteiger partial charge in [-0.15, -0.1) is 0 Å². The van der Waals surface area contributed by atoms with E-state index in [1.54, 1.807) is 0 Å². The zero-order chi connectivity index (χ0) is 25.7.